The van der Waals surface area contributed by atoms with Crippen LogP contribution in [0.1, 0.15) is 0 Å². The first-order valence-electron chi connectivity index (χ1n) is 6.58. The normalized spacial score (nSPS) is 11.0. The van der Waals surface area contributed by atoms with E-state index in [1.165, 1.54) is 0 Å². The van der Waals surface area contributed by atoms with Crippen LogP contribution in [0.5, 0.6) is 0 Å². The van der Waals surface area contributed by atoms with Gasteiger partial charge in [-0.3, -0.25) is 0 Å². The first-order valence-corrected chi connectivity index (χ1v) is 6.58. The third kappa shape index (κ3) is 1.80. The summed E-state index contributed by atoms with van der Waals surface area (Å²) in [5, 5.41) is 0. The summed E-state index contributed by atoms with van der Waals surface area (Å²) in [6.45, 7) is 0. The van der Waals surface area contributed by atoms with Crippen molar-refractivity contribution in [1.29, 1.82) is 0 Å². The minimum Gasteiger partial charge on any atom is -0.324 e. The summed E-state index contributed by atoms with van der Waals surface area (Å²) >= 11 is 0. The Morgan fingerprint density at radius 2 is 1.65 bits per heavy atom. The zero-order valence-electron chi connectivity index (χ0n) is 10.8. The molecule has 1 aromatic carbocycles. The Hall–Kier alpha value is -2.81. The number of aromatic nitrogens is 3. The van der Waals surface area contributed by atoms with Gasteiger partial charge in [-0.05, 0) is 36.4 Å². The van der Waals surface area contributed by atoms with Crippen molar-refractivity contribution in [2.24, 2.45) is 0 Å². The van der Waals surface area contributed by atoms with Gasteiger partial charge in [0.15, 0.2) is 0 Å². The van der Waals surface area contributed by atoms with E-state index < -0.39 is 0 Å². The van der Waals surface area contributed by atoms with E-state index in [4.69, 9.17) is 0 Å². The van der Waals surface area contributed by atoms with Crippen LogP contribution in [-0.4, -0.2) is 14.0 Å². The molecule has 0 saturated heterocycles. The van der Waals surface area contributed by atoms with E-state index in [-0.39, 0.29) is 0 Å². The van der Waals surface area contributed by atoms with E-state index in [0.717, 1.165) is 22.6 Å². The van der Waals surface area contributed by atoms with Crippen molar-refractivity contribution >= 4 is 5.65 Å². The quantitative estimate of drug-likeness (QED) is 0.537. The van der Waals surface area contributed by atoms with Crippen LogP contribution >= 0.6 is 0 Å². The van der Waals surface area contributed by atoms with Gasteiger partial charge in [0.1, 0.15) is 5.65 Å². The lowest BCUT2D eigenvalue weighted by atomic mass is 10.1. The first-order chi connectivity index (χ1) is 9.90. The molecular formula is C17H13N3. The Morgan fingerprint density at radius 1 is 0.800 bits per heavy atom. The molecule has 4 rings (SSSR count). The molecule has 3 heterocycles. The molecule has 0 amide bonds. The van der Waals surface area contributed by atoms with Gasteiger partial charge in [0.25, 0.3) is 0 Å². The number of imidazole rings is 1. The first kappa shape index (κ1) is 11.1. The highest BCUT2D eigenvalue weighted by atomic mass is 15.0. The minimum atomic E-state index is 0.967. The predicted molar refractivity (Wildman–Crippen MR) is 80.0 cm³/mol. The topological polar surface area (TPSA) is 22.2 Å². The van der Waals surface area contributed by atoms with Gasteiger partial charge in [0.2, 0.25) is 0 Å². The molecule has 0 radical (unpaired) electrons. The number of fused-ring (bicyclic) bond motifs is 1. The maximum Gasteiger partial charge on any atom is 0.137 e. The molecular weight excluding hydrogens is 246 g/mol. The van der Waals surface area contributed by atoms with E-state index in [1.54, 1.807) is 0 Å². The number of hydrogen-bond acceptors (Lipinski definition) is 1. The lowest BCUT2D eigenvalue weighted by Crippen LogP contribution is -1.89. The zero-order chi connectivity index (χ0) is 13.4. The Morgan fingerprint density at radius 3 is 2.50 bits per heavy atom. The molecule has 0 aliphatic rings. The molecule has 96 valence electrons. The third-order valence-corrected chi connectivity index (χ3v) is 3.41. The number of rotatable bonds is 2. The van der Waals surface area contributed by atoms with Crippen LogP contribution in [0, 0.1) is 0 Å². The highest BCUT2D eigenvalue weighted by Crippen LogP contribution is 2.22. The standard InChI is InChI=1S/C17H13N3/c1-2-11-20-13-16(18-17(20)8-1)14-6-5-7-15(12-14)19-9-3-4-10-19/h1-13H. The van der Waals surface area contributed by atoms with Crippen molar-refractivity contribution in [3.8, 4) is 16.9 Å². The minimum absolute atomic E-state index is 0.967. The molecule has 0 unspecified atom stereocenters. The van der Waals surface area contributed by atoms with Gasteiger partial charge in [-0.2, -0.15) is 0 Å². The Kier molecular flexibility index (Phi) is 2.42. The number of benzene rings is 1. The molecule has 0 aliphatic heterocycles. The summed E-state index contributed by atoms with van der Waals surface area (Å²) in [5.74, 6) is 0. The Bertz CT molecular complexity index is 824. The van der Waals surface area contributed by atoms with Gasteiger partial charge in [-0.1, -0.05) is 18.2 Å². The molecule has 3 aromatic heterocycles. The van der Waals surface area contributed by atoms with Crippen molar-refractivity contribution in [2.45, 2.75) is 0 Å². The smallest absolute Gasteiger partial charge is 0.137 e. The van der Waals surface area contributed by atoms with Crippen molar-refractivity contribution in [3.63, 3.8) is 0 Å². The fourth-order valence-corrected chi connectivity index (χ4v) is 2.41. The van der Waals surface area contributed by atoms with Crippen LogP contribution in [0.2, 0.25) is 0 Å². The van der Waals surface area contributed by atoms with Crippen LogP contribution in [0.15, 0.2) is 79.4 Å². The van der Waals surface area contributed by atoms with E-state index in [1.807, 2.05) is 53.3 Å². The summed E-state index contributed by atoms with van der Waals surface area (Å²) in [6, 6.07) is 18.5. The summed E-state index contributed by atoms with van der Waals surface area (Å²) in [4.78, 5) is 4.66. The largest absolute Gasteiger partial charge is 0.324 e. The van der Waals surface area contributed by atoms with Gasteiger partial charge in [0, 0.05) is 36.0 Å². The molecule has 0 aliphatic carbocycles. The van der Waals surface area contributed by atoms with Crippen molar-refractivity contribution in [2.75, 3.05) is 0 Å². The molecule has 3 nitrogen and oxygen atoms in total. The predicted octanol–water partition coefficient (Wildman–Crippen LogP) is 3.79. The monoisotopic (exact) mass is 259 g/mol. The zero-order valence-corrected chi connectivity index (χ0v) is 10.8. The average Bonchev–Trinajstić information content (AvgIpc) is 3.16. The van der Waals surface area contributed by atoms with Gasteiger partial charge in [-0.25, -0.2) is 4.98 Å². The van der Waals surface area contributed by atoms with Crippen molar-refractivity contribution in [1.82, 2.24) is 14.0 Å². The maximum absolute atomic E-state index is 4.66. The van der Waals surface area contributed by atoms with Crippen LogP contribution in [0.3, 0.4) is 0 Å². The second-order valence-corrected chi connectivity index (χ2v) is 4.73. The van der Waals surface area contributed by atoms with Gasteiger partial charge < -0.3 is 8.97 Å². The Balaban J connectivity index is 1.84. The van der Waals surface area contributed by atoms with Crippen LogP contribution in [-0.2, 0) is 0 Å². The molecule has 0 atom stereocenters. The van der Waals surface area contributed by atoms with E-state index in [9.17, 15) is 0 Å². The fourth-order valence-electron chi connectivity index (χ4n) is 2.41. The van der Waals surface area contributed by atoms with Crippen molar-refractivity contribution in [3.05, 3.63) is 79.4 Å². The molecule has 20 heavy (non-hydrogen) atoms. The summed E-state index contributed by atoms with van der Waals surface area (Å²) in [6.07, 6.45) is 8.16. The van der Waals surface area contributed by atoms with Crippen LogP contribution < -0.4 is 0 Å². The van der Waals surface area contributed by atoms with Gasteiger partial charge in [-0.15, -0.1) is 0 Å². The SMILES string of the molecule is c1cc(-c2cn3ccccc3n2)cc(-n2cccc2)c1. The van der Waals surface area contributed by atoms with Crippen LogP contribution in [0.4, 0.5) is 0 Å². The summed E-state index contributed by atoms with van der Waals surface area (Å²) in [5.41, 5.74) is 4.23. The van der Waals surface area contributed by atoms with E-state index in [2.05, 4.69) is 40.0 Å². The summed E-state index contributed by atoms with van der Waals surface area (Å²) in [7, 11) is 0. The van der Waals surface area contributed by atoms with Gasteiger partial charge in [0.05, 0.1) is 5.69 Å². The maximum atomic E-state index is 4.66. The average molecular weight is 259 g/mol. The highest BCUT2D eigenvalue weighted by molar-refractivity contribution is 5.65. The number of pyridine rings is 1. The van der Waals surface area contributed by atoms with Crippen molar-refractivity contribution < 1.29 is 0 Å². The second-order valence-electron chi connectivity index (χ2n) is 4.73. The Labute approximate surface area is 116 Å². The van der Waals surface area contributed by atoms with E-state index in [0.29, 0.717) is 0 Å². The van der Waals surface area contributed by atoms with Crippen LogP contribution in [0.25, 0.3) is 22.6 Å². The van der Waals surface area contributed by atoms with Gasteiger partial charge >= 0.3 is 0 Å². The molecule has 0 N–H and O–H groups in total. The molecule has 0 spiro atoms. The third-order valence-electron chi connectivity index (χ3n) is 3.41. The molecule has 4 aromatic rings. The lowest BCUT2D eigenvalue weighted by Gasteiger charge is -2.04. The molecule has 0 bridgehead atoms. The van der Waals surface area contributed by atoms with E-state index >= 15 is 0 Å². The highest BCUT2D eigenvalue weighted by Gasteiger charge is 2.05. The molecule has 3 heteroatoms. The molecule has 0 fully saturated rings. The second kappa shape index (κ2) is 4.38. The number of hydrogen-bond donors (Lipinski definition) is 0. The molecule has 0 saturated carbocycles. The lowest BCUT2D eigenvalue weighted by molar-refractivity contribution is 1.08. The number of nitrogens with zero attached hydrogens (tertiary/aromatic N) is 3. The summed E-state index contributed by atoms with van der Waals surface area (Å²) < 4.78 is 4.14. The fraction of sp³-hybridized carbons (Fsp3) is 0.